The van der Waals surface area contributed by atoms with E-state index in [0.29, 0.717) is 17.5 Å². The highest BCUT2D eigenvalue weighted by Crippen LogP contribution is 2.51. The molecule has 0 spiro atoms. The summed E-state index contributed by atoms with van der Waals surface area (Å²) in [5.74, 6) is 0.910. The van der Waals surface area contributed by atoms with E-state index in [-0.39, 0.29) is 5.41 Å². The number of anilines is 1. The lowest BCUT2D eigenvalue weighted by molar-refractivity contribution is 0.228. The Morgan fingerprint density at radius 3 is 2.55 bits per heavy atom. The number of benzene rings is 2. The van der Waals surface area contributed by atoms with Crippen LogP contribution in [0.5, 0.6) is 0 Å². The molecule has 166 valence electrons. The van der Waals surface area contributed by atoms with Gasteiger partial charge >= 0.3 is 0 Å². The molecule has 0 aliphatic heterocycles. The monoisotopic (exact) mass is 435 g/mol. The van der Waals surface area contributed by atoms with Gasteiger partial charge < -0.3 is 9.32 Å². The molecule has 2 aromatic carbocycles. The average Bonchev–Trinajstić information content (AvgIpc) is 3.22. The Morgan fingerprint density at radius 1 is 1.09 bits per heavy atom. The van der Waals surface area contributed by atoms with Crippen molar-refractivity contribution < 1.29 is 4.42 Å². The van der Waals surface area contributed by atoms with E-state index < -0.39 is 0 Å². The standard InChI is InChI=1S/C29H29N3O/c1-29(2)18-22(27(30-3)28-31-25-8-6-7-9-26(25)33-28)17-21-16-20(12-15-24(21)29)19-10-13-23(14-11-19)32(4)5/h6-11,13-14,16-17,24H,12,15,18H2,1-2,4-5H3/b27-22+. The number of nitrogens with zero attached hydrogens (tertiary/aromatic N) is 3. The van der Waals surface area contributed by atoms with Crippen molar-refractivity contribution in [2.24, 2.45) is 11.3 Å². The molecule has 0 amide bonds. The summed E-state index contributed by atoms with van der Waals surface area (Å²) in [4.78, 5) is 10.6. The van der Waals surface area contributed by atoms with Gasteiger partial charge in [-0.15, -0.1) is 0 Å². The second kappa shape index (κ2) is 8.08. The van der Waals surface area contributed by atoms with Gasteiger partial charge in [-0.3, -0.25) is 0 Å². The zero-order chi connectivity index (χ0) is 23.2. The molecule has 1 atom stereocenters. The largest absolute Gasteiger partial charge is 0.447 e. The Bertz CT molecular complexity index is 1310. The Labute approximate surface area is 195 Å². The summed E-state index contributed by atoms with van der Waals surface area (Å²) in [6, 6.07) is 16.5. The molecule has 2 aliphatic carbocycles. The van der Waals surface area contributed by atoms with Crippen molar-refractivity contribution in [2.75, 3.05) is 19.0 Å². The van der Waals surface area contributed by atoms with Crippen LogP contribution in [0.2, 0.25) is 0 Å². The van der Waals surface area contributed by atoms with E-state index in [1.165, 1.54) is 22.4 Å². The van der Waals surface area contributed by atoms with E-state index in [1.54, 1.807) is 0 Å². The molecule has 0 saturated carbocycles. The normalized spacial score (nSPS) is 21.0. The highest BCUT2D eigenvalue weighted by atomic mass is 16.3. The molecule has 5 rings (SSSR count). The van der Waals surface area contributed by atoms with E-state index in [2.05, 4.69) is 79.1 Å². The molecule has 4 heteroatoms. The topological polar surface area (TPSA) is 33.6 Å². The van der Waals surface area contributed by atoms with Crippen LogP contribution in [0.25, 0.3) is 27.2 Å². The van der Waals surface area contributed by atoms with Gasteiger partial charge in [0.1, 0.15) is 5.52 Å². The maximum absolute atomic E-state index is 7.92. The summed E-state index contributed by atoms with van der Waals surface area (Å²) in [5, 5.41) is 0. The lowest BCUT2D eigenvalue weighted by Gasteiger charge is -2.42. The van der Waals surface area contributed by atoms with Gasteiger partial charge in [0.2, 0.25) is 5.89 Å². The minimum atomic E-state index is 0.0676. The quantitative estimate of drug-likeness (QED) is 0.403. The van der Waals surface area contributed by atoms with Crippen LogP contribution < -0.4 is 4.90 Å². The van der Waals surface area contributed by atoms with Crippen molar-refractivity contribution in [2.45, 2.75) is 33.1 Å². The molecule has 2 aliphatic rings. The Hall–Kier alpha value is -3.58. The van der Waals surface area contributed by atoms with E-state index in [4.69, 9.17) is 11.0 Å². The zero-order valence-electron chi connectivity index (χ0n) is 19.7. The molecule has 0 radical (unpaired) electrons. The Morgan fingerprint density at radius 2 is 1.85 bits per heavy atom. The van der Waals surface area contributed by atoms with Crippen molar-refractivity contribution in [3.63, 3.8) is 0 Å². The van der Waals surface area contributed by atoms with E-state index in [0.717, 1.165) is 35.9 Å². The lowest BCUT2D eigenvalue weighted by Crippen LogP contribution is -2.31. The fourth-order valence-electron chi connectivity index (χ4n) is 5.27. The molecule has 0 bridgehead atoms. The third-order valence-electron chi connectivity index (χ3n) is 7.04. The summed E-state index contributed by atoms with van der Waals surface area (Å²) in [5.41, 5.74) is 8.29. The number of oxazole rings is 1. The van der Waals surface area contributed by atoms with Gasteiger partial charge in [-0.25, -0.2) is 9.83 Å². The fraction of sp³-hybridized carbons (Fsp3) is 0.310. The molecule has 0 fully saturated rings. The maximum Gasteiger partial charge on any atom is 0.250 e. The van der Waals surface area contributed by atoms with Gasteiger partial charge in [-0.05, 0) is 77.1 Å². The molecule has 3 aromatic rings. The highest BCUT2D eigenvalue weighted by Gasteiger charge is 2.38. The van der Waals surface area contributed by atoms with E-state index in [1.807, 2.05) is 24.3 Å². The van der Waals surface area contributed by atoms with E-state index in [9.17, 15) is 0 Å². The predicted octanol–water partition coefficient (Wildman–Crippen LogP) is 7.37. The third-order valence-corrected chi connectivity index (χ3v) is 7.04. The molecule has 0 N–H and O–H groups in total. The van der Waals surface area contributed by atoms with Crippen molar-refractivity contribution >= 4 is 28.1 Å². The van der Waals surface area contributed by atoms with Crippen LogP contribution >= 0.6 is 0 Å². The van der Waals surface area contributed by atoms with Crippen LogP contribution in [0, 0.1) is 17.9 Å². The van der Waals surface area contributed by atoms with Gasteiger partial charge in [0.05, 0.1) is 6.57 Å². The van der Waals surface area contributed by atoms with Gasteiger partial charge in [0, 0.05) is 19.8 Å². The second-order valence-corrected chi connectivity index (χ2v) is 9.98. The summed E-state index contributed by atoms with van der Waals surface area (Å²) in [7, 11) is 4.13. The zero-order valence-corrected chi connectivity index (χ0v) is 19.7. The first-order valence-corrected chi connectivity index (χ1v) is 11.5. The second-order valence-electron chi connectivity index (χ2n) is 9.98. The number of fused-ring (bicyclic) bond motifs is 2. The molecule has 0 saturated heterocycles. The predicted molar refractivity (Wildman–Crippen MR) is 135 cm³/mol. The molecule has 33 heavy (non-hydrogen) atoms. The average molecular weight is 436 g/mol. The fourth-order valence-corrected chi connectivity index (χ4v) is 5.27. The van der Waals surface area contributed by atoms with Crippen molar-refractivity contribution in [1.82, 2.24) is 4.98 Å². The van der Waals surface area contributed by atoms with Crippen LogP contribution in [0.3, 0.4) is 0 Å². The van der Waals surface area contributed by atoms with Crippen LogP contribution in [-0.4, -0.2) is 19.1 Å². The molecule has 1 unspecified atom stereocenters. The minimum Gasteiger partial charge on any atom is -0.447 e. The smallest absolute Gasteiger partial charge is 0.250 e. The number of hydrogen-bond donors (Lipinski definition) is 0. The highest BCUT2D eigenvalue weighted by molar-refractivity contribution is 5.80. The minimum absolute atomic E-state index is 0.0676. The summed E-state index contributed by atoms with van der Waals surface area (Å²) in [6.45, 7) is 12.6. The maximum atomic E-state index is 7.92. The summed E-state index contributed by atoms with van der Waals surface area (Å²) >= 11 is 0. The third kappa shape index (κ3) is 3.89. The molecular formula is C29H29N3O. The number of rotatable bonds is 3. The van der Waals surface area contributed by atoms with Crippen molar-refractivity contribution in [3.8, 4) is 0 Å². The van der Waals surface area contributed by atoms with Crippen LogP contribution in [0.4, 0.5) is 5.69 Å². The van der Waals surface area contributed by atoms with Crippen molar-refractivity contribution in [1.29, 1.82) is 0 Å². The van der Waals surface area contributed by atoms with Crippen LogP contribution in [0.1, 0.15) is 44.6 Å². The first kappa shape index (κ1) is 21.3. The van der Waals surface area contributed by atoms with E-state index >= 15 is 0 Å². The Balaban J connectivity index is 1.58. The van der Waals surface area contributed by atoms with Crippen molar-refractivity contribution in [3.05, 3.63) is 94.7 Å². The first-order valence-electron chi connectivity index (χ1n) is 11.5. The number of aromatic nitrogens is 1. The SMILES string of the molecule is [C-]#[N+]/C(=C1\C=C2C=C(c3ccc(N(C)C)cc3)CCC2C(C)(C)C1)c1nc2ccccc2o1. The van der Waals surface area contributed by atoms with Gasteiger partial charge in [-0.2, -0.15) is 0 Å². The first-order chi connectivity index (χ1) is 15.9. The Kier molecular flexibility index (Phi) is 5.21. The molecule has 4 nitrogen and oxygen atoms in total. The number of allylic oxidation sites excluding steroid dienone is 5. The number of para-hydroxylation sites is 2. The number of hydrogen-bond acceptors (Lipinski definition) is 3. The molecule has 1 heterocycles. The molecular weight excluding hydrogens is 406 g/mol. The van der Waals surface area contributed by atoms with Gasteiger partial charge in [0.25, 0.3) is 5.70 Å². The van der Waals surface area contributed by atoms with Gasteiger partial charge in [0.15, 0.2) is 5.58 Å². The summed E-state index contributed by atoms with van der Waals surface area (Å²) < 4.78 is 5.97. The van der Waals surface area contributed by atoms with Crippen LogP contribution in [-0.2, 0) is 0 Å². The van der Waals surface area contributed by atoms with Crippen LogP contribution in [0.15, 0.2) is 76.2 Å². The summed E-state index contributed by atoms with van der Waals surface area (Å²) in [6.07, 6.45) is 7.63. The van der Waals surface area contributed by atoms with Gasteiger partial charge in [-0.1, -0.05) is 50.3 Å². The molecule has 1 aromatic heterocycles. The lowest BCUT2D eigenvalue weighted by atomic mass is 9.62.